The van der Waals surface area contributed by atoms with Crippen molar-refractivity contribution >= 4 is 35.2 Å². The molecule has 0 amide bonds. The molecular formula is C56H52IrN2OSi-2. The molecule has 5 heteroatoms. The van der Waals surface area contributed by atoms with Gasteiger partial charge in [-0.15, -0.1) is 53.6 Å². The van der Waals surface area contributed by atoms with Gasteiger partial charge in [-0.2, -0.15) is 0 Å². The van der Waals surface area contributed by atoms with Gasteiger partial charge in [0.1, 0.15) is 5.58 Å². The molecule has 0 saturated heterocycles. The topological polar surface area (TPSA) is 38.9 Å². The fourth-order valence-electron chi connectivity index (χ4n) is 7.89. The van der Waals surface area contributed by atoms with E-state index < -0.39 is 8.07 Å². The summed E-state index contributed by atoms with van der Waals surface area (Å²) in [6.07, 6.45) is 5.10. The molecule has 307 valence electrons. The van der Waals surface area contributed by atoms with E-state index in [0.717, 1.165) is 56.4 Å². The largest absolute Gasteiger partial charge is 0.501 e. The fraction of sp³-hybridized carbons (Fsp3) is 0.179. The first kappa shape index (κ1) is 43.4. The van der Waals surface area contributed by atoms with Crippen LogP contribution < -0.4 is 5.19 Å². The van der Waals surface area contributed by atoms with Crippen LogP contribution in [0.2, 0.25) is 19.6 Å². The molecule has 0 atom stereocenters. The van der Waals surface area contributed by atoms with Crippen LogP contribution in [-0.2, 0) is 26.5 Å². The first-order valence-corrected chi connectivity index (χ1v) is 24.6. The normalized spacial score (nSPS) is 11.4. The summed E-state index contributed by atoms with van der Waals surface area (Å²) in [6, 6.07) is 59.7. The van der Waals surface area contributed by atoms with Crippen LogP contribution in [-0.4, -0.2) is 18.0 Å². The van der Waals surface area contributed by atoms with Gasteiger partial charge >= 0.3 is 0 Å². The average molecular weight is 989 g/mol. The molecule has 3 nitrogen and oxygen atoms in total. The molecule has 9 rings (SSSR count). The van der Waals surface area contributed by atoms with Crippen LogP contribution in [0.4, 0.5) is 0 Å². The third-order valence-electron chi connectivity index (χ3n) is 11.1. The third kappa shape index (κ3) is 9.92. The molecule has 6 aromatic carbocycles. The Kier molecular flexibility index (Phi) is 13.4. The second kappa shape index (κ2) is 18.9. The zero-order valence-electron chi connectivity index (χ0n) is 36.1. The van der Waals surface area contributed by atoms with E-state index in [1.54, 1.807) is 0 Å². The molecule has 0 N–H and O–H groups in total. The van der Waals surface area contributed by atoms with Crippen LogP contribution in [0.1, 0.15) is 44.7 Å². The minimum atomic E-state index is -1.40. The molecular weight excluding hydrogens is 937 g/mol. The van der Waals surface area contributed by atoms with Gasteiger partial charge in [-0.3, -0.25) is 0 Å². The van der Waals surface area contributed by atoms with Gasteiger partial charge < -0.3 is 14.4 Å². The maximum Gasteiger partial charge on any atom is 0.121 e. The van der Waals surface area contributed by atoms with Crippen molar-refractivity contribution in [3.05, 3.63) is 187 Å². The number of benzene rings is 6. The van der Waals surface area contributed by atoms with E-state index in [-0.39, 0.29) is 20.1 Å². The molecule has 0 aliphatic heterocycles. The summed E-state index contributed by atoms with van der Waals surface area (Å²) >= 11 is 0. The zero-order chi connectivity index (χ0) is 41.8. The molecule has 61 heavy (non-hydrogen) atoms. The van der Waals surface area contributed by atoms with Crippen LogP contribution in [0.15, 0.2) is 168 Å². The number of rotatable bonds is 9. The SMILES string of the molecule is CC(C)Cc1cc(-c2[c-]ccc(-c3ccccc3)c2)ncc1[Si](C)(C)C.CC(C)c1ccnc(-c2[c-]ccc3c2oc2cc(-c4ccc(-c5ccccc5)cc4)ccc23)c1.[Ir]. The van der Waals surface area contributed by atoms with E-state index in [9.17, 15) is 0 Å². The first-order chi connectivity index (χ1) is 29.0. The van der Waals surface area contributed by atoms with Gasteiger partial charge in [-0.1, -0.05) is 179 Å². The number of hydrogen-bond acceptors (Lipinski definition) is 3. The van der Waals surface area contributed by atoms with E-state index >= 15 is 0 Å². The Morgan fingerprint density at radius 1 is 0.574 bits per heavy atom. The van der Waals surface area contributed by atoms with Gasteiger partial charge in [0.05, 0.1) is 13.7 Å². The Labute approximate surface area is 376 Å². The molecule has 0 saturated carbocycles. The van der Waals surface area contributed by atoms with Crippen molar-refractivity contribution in [2.45, 2.75) is 59.7 Å². The number of nitrogens with zero attached hydrogens (tertiary/aromatic N) is 2. The molecule has 1 radical (unpaired) electrons. The van der Waals surface area contributed by atoms with Gasteiger partial charge in [0, 0.05) is 37.9 Å². The molecule has 0 spiro atoms. The van der Waals surface area contributed by atoms with Crippen LogP contribution in [0.5, 0.6) is 0 Å². The van der Waals surface area contributed by atoms with Crippen LogP contribution in [0, 0.1) is 18.1 Å². The number of furan rings is 1. The zero-order valence-corrected chi connectivity index (χ0v) is 39.5. The molecule has 3 heterocycles. The molecule has 0 aliphatic carbocycles. The molecule has 9 aromatic rings. The standard InChI is InChI=1S/C32H24NO.C24H28NSi.Ir/c1-21(2)25-17-18-33-30(19-25)29-10-6-9-28-27-16-15-26(20-31(27)34-32(28)29)24-13-11-23(12-14-24)22-7-4-3-5-8-22;1-18(2)14-22-16-23(25-17-24(22)26(3,4)5)21-13-9-12-20(15-21)19-10-7-6-8-11-19;/h3-9,11-21H,1-2H3;6-12,15-18H,14H2,1-5H3;/q2*-1;. The summed E-state index contributed by atoms with van der Waals surface area (Å²) in [7, 11) is -1.40. The number of aromatic nitrogens is 2. The average Bonchev–Trinajstić information content (AvgIpc) is 3.65. The van der Waals surface area contributed by atoms with Crippen molar-refractivity contribution in [3.8, 4) is 55.9 Å². The molecule has 0 fully saturated rings. The Bertz CT molecular complexity index is 2880. The Balaban J connectivity index is 0.000000188. The quantitative estimate of drug-likeness (QED) is 0.107. The Morgan fingerprint density at radius 3 is 1.84 bits per heavy atom. The fourth-order valence-corrected chi connectivity index (χ4v) is 9.48. The van der Waals surface area contributed by atoms with E-state index in [2.05, 4.69) is 198 Å². The van der Waals surface area contributed by atoms with Gasteiger partial charge in [0.25, 0.3) is 0 Å². The first-order valence-electron chi connectivity index (χ1n) is 21.1. The smallest absolute Gasteiger partial charge is 0.121 e. The molecule has 0 aliphatic rings. The van der Waals surface area contributed by atoms with Crippen molar-refractivity contribution in [3.63, 3.8) is 0 Å². The summed E-state index contributed by atoms with van der Waals surface area (Å²) in [5.74, 6) is 1.08. The van der Waals surface area contributed by atoms with Crippen LogP contribution in [0.25, 0.3) is 77.8 Å². The minimum Gasteiger partial charge on any atom is -0.501 e. The maximum absolute atomic E-state index is 6.42. The van der Waals surface area contributed by atoms with Crippen molar-refractivity contribution < 1.29 is 24.5 Å². The number of fused-ring (bicyclic) bond motifs is 3. The van der Waals surface area contributed by atoms with Crippen molar-refractivity contribution in [2.24, 2.45) is 5.92 Å². The summed E-state index contributed by atoms with van der Waals surface area (Å²) in [6.45, 7) is 16.2. The van der Waals surface area contributed by atoms with Gasteiger partial charge in [-0.25, -0.2) is 0 Å². The second-order valence-electron chi connectivity index (χ2n) is 17.4. The van der Waals surface area contributed by atoms with Gasteiger partial charge in [-0.05, 0) is 74.8 Å². The predicted molar refractivity (Wildman–Crippen MR) is 256 cm³/mol. The van der Waals surface area contributed by atoms with Crippen molar-refractivity contribution in [1.29, 1.82) is 0 Å². The van der Waals surface area contributed by atoms with Gasteiger partial charge in [0.2, 0.25) is 0 Å². The Morgan fingerprint density at radius 2 is 1.18 bits per heavy atom. The van der Waals surface area contributed by atoms with Crippen LogP contribution in [0.3, 0.4) is 0 Å². The van der Waals surface area contributed by atoms with Crippen molar-refractivity contribution in [1.82, 2.24) is 9.97 Å². The summed E-state index contributed by atoms with van der Waals surface area (Å²) in [5, 5.41) is 3.68. The molecule has 3 aromatic heterocycles. The summed E-state index contributed by atoms with van der Waals surface area (Å²) in [5.41, 5.74) is 15.5. The van der Waals surface area contributed by atoms with Crippen molar-refractivity contribution in [2.75, 3.05) is 0 Å². The molecule has 0 unspecified atom stereocenters. The Hall–Kier alpha value is -5.71. The van der Waals surface area contributed by atoms with E-state index in [0.29, 0.717) is 11.8 Å². The number of pyridine rings is 2. The second-order valence-corrected chi connectivity index (χ2v) is 22.5. The third-order valence-corrected chi connectivity index (χ3v) is 13.1. The monoisotopic (exact) mass is 989 g/mol. The maximum atomic E-state index is 6.42. The van der Waals surface area contributed by atoms with Crippen LogP contribution >= 0.6 is 0 Å². The number of hydrogen-bond donors (Lipinski definition) is 0. The van der Waals surface area contributed by atoms with Gasteiger partial charge in [0.15, 0.2) is 0 Å². The van der Waals surface area contributed by atoms with E-state index in [1.165, 1.54) is 44.1 Å². The van der Waals surface area contributed by atoms with E-state index in [1.807, 2.05) is 30.5 Å². The summed E-state index contributed by atoms with van der Waals surface area (Å²) in [4.78, 5) is 9.44. The predicted octanol–water partition coefficient (Wildman–Crippen LogP) is 14.9. The van der Waals surface area contributed by atoms with E-state index in [4.69, 9.17) is 9.40 Å². The molecule has 0 bridgehead atoms. The minimum absolute atomic E-state index is 0. The summed E-state index contributed by atoms with van der Waals surface area (Å²) < 4.78 is 6.42.